The predicted octanol–water partition coefficient (Wildman–Crippen LogP) is 2.69. The van der Waals surface area contributed by atoms with E-state index < -0.39 is 0 Å². The number of amides is 1. The van der Waals surface area contributed by atoms with Crippen molar-refractivity contribution in [3.05, 3.63) is 54.0 Å². The first-order valence-corrected chi connectivity index (χ1v) is 5.71. The number of nitrogens with zero attached hydrogens (tertiary/aromatic N) is 2. The molecule has 0 saturated heterocycles. The topological polar surface area (TPSA) is 67.0 Å². The van der Waals surface area contributed by atoms with Gasteiger partial charge in [-0.15, -0.1) is 0 Å². The Balaban J connectivity index is 1.94. The molecule has 1 heterocycles. The van der Waals surface area contributed by atoms with Crippen LogP contribution in [0.15, 0.2) is 57.3 Å². The molecular weight excluding hydrogens is 242 g/mol. The lowest BCUT2D eigenvalue weighted by molar-refractivity contribution is -0.114. The molecule has 0 bridgehead atoms. The Morgan fingerprint density at radius 1 is 1.16 bits per heavy atom. The van der Waals surface area contributed by atoms with Crippen LogP contribution in [0.3, 0.4) is 0 Å². The summed E-state index contributed by atoms with van der Waals surface area (Å²) >= 11 is 0. The minimum Gasteiger partial charge on any atom is -0.463 e. The number of furan rings is 1. The molecule has 0 unspecified atom stereocenters. The van der Waals surface area contributed by atoms with Gasteiger partial charge in [0.1, 0.15) is 5.76 Å². The maximum absolute atomic E-state index is 10.9. The van der Waals surface area contributed by atoms with Crippen molar-refractivity contribution in [1.29, 1.82) is 0 Å². The minimum atomic E-state index is -0.0931. The standard InChI is InChI=1S/C14H13N3O2/c1-11(18)17-13-6-4-12(5-7-13)9-15-16-10-14-3-2-8-19-14/h2-10H,1H3,(H,17,18). The molecule has 19 heavy (non-hydrogen) atoms. The fourth-order valence-corrected chi connectivity index (χ4v) is 1.41. The SMILES string of the molecule is CC(=O)Nc1ccc(C=NN=Cc2ccco2)cc1. The lowest BCUT2D eigenvalue weighted by Crippen LogP contribution is -2.05. The molecular formula is C14H13N3O2. The van der Waals surface area contributed by atoms with E-state index in [2.05, 4.69) is 15.5 Å². The zero-order valence-corrected chi connectivity index (χ0v) is 10.4. The van der Waals surface area contributed by atoms with E-state index in [1.54, 1.807) is 36.7 Å². The highest BCUT2D eigenvalue weighted by Crippen LogP contribution is 2.07. The third-order valence-electron chi connectivity index (χ3n) is 2.23. The zero-order chi connectivity index (χ0) is 13.5. The van der Waals surface area contributed by atoms with Crippen molar-refractivity contribution in [3.63, 3.8) is 0 Å². The Labute approximate surface area is 110 Å². The molecule has 0 saturated carbocycles. The first kappa shape index (κ1) is 12.8. The van der Waals surface area contributed by atoms with Gasteiger partial charge in [0.2, 0.25) is 5.91 Å². The molecule has 1 aromatic heterocycles. The minimum absolute atomic E-state index is 0.0931. The second-order valence-corrected chi connectivity index (χ2v) is 3.81. The van der Waals surface area contributed by atoms with Gasteiger partial charge in [0.15, 0.2) is 0 Å². The van der Waals surface area contributed by atoms with Gasteiger partial charge in [0, 0.05) is 12.6 Å². The average molecular weight is 255 g/mol. The van der Waals surface area contributed by atoms with Crippen LogP contribution < -0.4 is 5.32 Å². The molecule has 5 heteroatoms. The van der Waals surface area contributed by atoms with Gasteiger partial charge in [-0.25, -0.2) is 0 Å². The summed E-state index contributed by atoms with van der Waals surface area (Å²) in [6.07, 6.45) is 4.73. The lowest BCUT2D eigenvalue weighted by atomic mass is 10.2. The number of carbonyl (C=O) groups excluding carboxylic acids is 1. The first-order chi connectivity index (χ1) is 9.24. The molecule has 0 radical (unpaired) electrons. The van der Waals surface area contributed by atoms with E-state index in [0.29, 0.717) is 5.76 Å². The highest BCUT2D eigenvalue weighted by Gasteiger charge is 1.94. The summed E-state index contributed by atoms with van der Waals surface area (Å²) in [6, 6.07) is 10.9. The van der Waals surface area contributed by atoms with Crippen molar-refractivity contribution < 1.29 is 9.21 Å². The van der Waals surface area contributed by atoms with E-state index in [1.807, 2.05) is 12.1 Å². The Bertz CT molecular complexity index is 584. The highest BCUT2D eigenvalue weighted by atomic mass is 16.3. The number of carbonyl (C=O) groups is 1. The zero-order valence-electron chi connectivity index (χ0n) is 10.4. The van der Waals surface area contributed by atoms with E-state index >= 15 is 0 Å². The van der Waals surface area contributed by atoms with Crippen LogP contribution in [0.1, 0.15) is 18.2 Å². The molecule has 5 nitrogen and oxygen atoms in total. The Morgan fingerprint density at radius 3 is 2.53 bits per heavy atom. The third-order valence-corrected chi connectivity index (χ3v) is 2.23. The van der Waals surface area contributed by atoms with E-state index in [-0.39, 0.29) is 5.91 Å². The quantitative estimate of drug-likeness (QED) is 0.674. The number of anilines is 1. The summed E-state index contributed by atoms with van der Waals surface area (Å²) in [4.78, 5) is 10.9. The van der Waals surface area contributed by atoms with Crippen LogP contribution in [-0.2, 0) is 4.79 Å². The number of nitrogens with one attached hydrogen (secondary N) is 1. The Kier molecular flexibility index (Phi) is 4.23. The third kappa shape index (κ3) is 4.23. The molecule has 1 amide bonds. The van der Waals surface area contributed by atoms with Gasteiger partial charge in [-0.2, -0.15) is 10.2 Å². The summed E-state index contributed by atoms with van der Waals surface area (Å²) < 4.78 is 5.08. The molecule has 0 aliphatic rings. The van der Waals surface area contributed by atoms with E-state index in [1.165, 1.54) is 13.1 Å². The van der Waals surface area contributed by atoms with Crippen molar-refractivity contribution in [3.8, 4) is 0 Å². The summed E-state index contributed by atoms with van der Waals surface area (Å²) in [5, 5.41) is 10.5. The van der Waals surface area contributed by atoms with Gasteiger partial charge < -0.3 is 9.73 Å². The highest BCUT2D eigenvalue weighted by molar-refractivity contribution is 5.89. The normalized spacial score (nSPS) is 11.2. The van der Waals surface area contributed by atoms with Gasteiger partial charge in [-0.3, -0.25) is 4.79 Å². The van der Waals surface area contributed by atoms with E-state index in [4.69, 9.17) is 4.42 Å². The molecule has 1 N–H and O–H groups in total. The molecule has 0 aliphatic heterocycles. The molecule has 1 aromatic carbocycles. The van der Waals surface area contributed by atoms with Gasteiger partial charge >= 0.3 is 0 Å². The van der Waals surface area contributed by atoms with Crippen LogP contribution in [0.2, 0.25) is 0 Å². The summed E-state index contributed by atoms with van der Waals surface area (Å²) in [6.45, 7) is 1.47. The maximum Gasteiger partial charge on any atom is 0.221 e. The smallest absolute Gasteiger partial charge is 0.221 e. The maximum atomic E-state index is 10.9. The van der Waals surface area contributed by atoms with Gasteiger partial charge in [0.25, 0.3) is 0 Å². The van der Waals surface area contributed by atoms with Crippen molar-refractivity contribution in [2.24, 2.45) is 10.2 Å². The van der Waals surface area contributed by atoms with Gasteiger partial charge in [-0.05, 0) is 29.8 Å². The van der Waals surface area contributed by atoms with Crippen molar-refractivity contribution >= 4 is 24.0 Å². The largest absolute Gasteiger partial charge is 0.463 e. The lowest BCUT2D eigenvalue weighted by Gasteiger charge is -2.00. The van der Waals surface area contributed by atoms with E-state index in [9.17, 15) is 4.79 Å². The summed E-state index contributed by atoms with van der Waals surface area (Å²) in [7, 11) is 0. The summed E-state index contributed by atoms with van der Waals surface area (Å²) in [5.41, 5.74) is 1.65. The van der Waals surface area contributed by atoms with Crippen LogP contribution in [0.25, 0.3) is 0 Å². The molecule has 0 fully saturated rings. The number of rotatable bonds is 4. The van der Waals surface area contributed by atoms with Gasteiger partial charge in [0.05, 0.1) is 18.7 Å². The van der Waals surface area contributed by atoms with Crippen molar-refractivity contribution in [1.82, 2.24) is 0 Å². The van der Waals surface area contributed by atoms with Crippen LogP contribution in [0, 0.1) is 0 Å². The van der Waals surface area contributed by atoms with E-state index in [0.717, 1.165) is 11.3 Å². The van der Waals surface area contributed by atoms with Gasteiger partial charge in [-0.1, -0.05) is 12.1 Å². The van der Waals surface area contributed by atoms with Crippen LogP contribution in [0.5, 0.6) is 0 Å². The number of hydrogen-bond acceptors (Lipinski definition) is 4. The second-order valence-electron chi connectivity index (χ2n) is 3.81. The Hall–Kier alpha value is -2.69. The number of hydrogen-bond donors (Lipinski definition) is 1. The first-order valence-electron chi connectivity index (χ1n) is 5.71. The predicted molar refractivity (Wildman–Crippen MR) is 74.6 cm³/mol. The molecule has 2 aromatic rings. The monoisotopic (exact) mass is 255 g/mol. The van der Waals surface area contributed by atoms with Crippen LogP contribution in [-0.4, -0.2) is 18.3 Å². The fraction of sp³-hybridized carbons (Fsp3) is 0.0714. The van der Waals surface area contributed by atoms with Crippen LogP contribution >= 0.6 is 0 Å². The summed E-state index contributed by atoms with van der Waals surface area (Å²) in [5.74, 6) is 0.558. The van der Waals surface area contributed by atoms with Crippen LogP contribution in [0.4, 0.5) is 5.69 Å². The Morgan fingerprint density at radius 2 is 1.89 bits per heavy atom. The van der Waals surface area contributed by atoms with Crippen molar-refractivity contribution in [2.45, 2.75) is 6.92 Å². The fourth-order valence-electron chi connectivity index (χ4n) is 1.41. The van der Waals surface area contributed by atoms with Crippen molar-refractivity contribution in [2.75, 3.05) is 5.32 Å². The second kappa shape index (κ2) is 6.30. The molecule has 0 spiro atoms. The number of benzene rings is 1. The molecule has 0 aliphatic carbocycles. The average Bonchev–Trinajstić information content (AvgIpc) is 2.89. The molecule has 2 rings (SSSR count). The molecule has 96 valence electrons. The molecule has 0 atom stereocenters.